The molecule has 3 rings (SSSR count). The third kappa shape index (κ3) is 5.65. The van der Waals surface area contributed by atoms with E-state index in [4.69, 9.17) is 0 Å². The summed E-state index contributed by atoms with van der Waals surface area (Å²) in [5, 5.41) is 7.11. The van der Waals surface area contributed by atoms with Crippen molar-refractivity contribution >= 4 is 0 Å². The lowest BCUT2D eigenvalue weighted by Crippen LogP contribution is -2.21. The molecule has 0 radical (unpaired) electrons. The summed E-state index contributed by atoms with van der Waals surface area (Å²) in [6, 6.07) is 8.95. The first-order chi connectivity index (χ1) is 12.7. The fourth-order valence-corrected chi connectivity index (χ4v) is 4.40. The quantitative estimate of drug-likeness (QED) is 0.595. The second-order valence-corrected chi connectivity index (χ2v) is 8.24. The van der Waals surface area contributed by atoms with E-state index in [9.17, 15) is 0 Å². The number of nitrogens with one attached hydrogen (secondary N) is 2. The molecule has 2 heteroatoms. The van der Waals surface area contributed by atoms with Gasteiger partial charge in [-0.05, 0) is 48.6 Å². The number of rotatable bonds is 8. The van der Waals surface area contributed by atoms with Gasteiger partial charge < -0.3 is 10.6 Å². The van der Waals surface area contributed by atoms with Gasteiger partial charge in [0.05, 0.1) is 0 Å². The summed E-state index contributed by atoms with van der Waals surface area (Å²) in [7, 11) is 0. The molecule has 2 fully saturated rings. The largest absolute Gasteiger partial charge is 0.385 e. The van der Waals surface area contributed by atoms with Gasteiger partial charge in [-0.2, -0.15) is 0 Å². The summed E-state index contributed by atoms with van der Waals surface area (Å²) in [6.45, 7) is 10.3. The zero-order valence-electron chi connectivity index (χ0n) is 16.4. The summed E-state index contributed by atoms with van der Waals surface area (Å²) in [5.41, 5.74) is 5.13. The minimum absolute atomic E-state index is 0.679. The molecule has 0 atom stereocenters. The van der Waals surface area contributed by atoms with Crippen LogP contribution in [0.25, 0.3) is 0 Å². The second kappa shape index (κ2) is 9.85. The maximum atomic E-state index is 4.27. The third-order valence-electron chi connectivity index (χ3n) is 6.26. The normalized spacial score (nSPS) is 19.1. The number of hydrogen-bond donors (Lipinski definition) is 2. The maximum absolute atomic E-state index is 4.27. The summed E-state index contributed by atoms with van der Waals surface area (Å²) in [6.07, 6.45) is 13.5. The Kier molecular flexibility index (Phi) is 7.22. The van der Waals surface area contributed by atoms with E-state index < -0.39 is 0 Å². The standard InChI is InChI=1S/C24H36N2/c1-19(23-9-5-3-6-10-23)25-17-21-13-15-22(16-14-21)18-26-20(2)24-11-7-4-8-12-24/h13-16,23-26H,1-12,17-18H2. The van der Waals surface area contributed by atoms with Crippen molar-refractivity contribution in [3.63, 3.8) is 0 Å². The Labute approximate surface area is 160 Å². The SMILES string of the molecule is C=C(NCc1ccc(CNC(=C)C2CCCCC2)cc1)C1CCCCC1. The van der Waals surface area contributed by atoms with Crippen LogP contribution in [-0.2, 0) is 13.1 Å². The van der Waals surface area contributed by atoms with Crippen LogP contribution in [0.15, 0.2) is 48.8 Å². The number of hydrogen-bond acceptors (Lipinski definition) is 2. The van der Waals surface area contributed by atoms with Gasteiger partial charge in [0.1, 0.15) is 0 Å². The zero-order chi connectivity index (χ0) is 18.2. The van der Waals surface area contributed by atoms with Crippen LogP contribution >= 0.6 is 0 Å². The Morgan fingerprint density at radius 3 is 1.35 bits per heavy atom. The Balaban J connectivity index is 1.40. The van der Waals surface area contributed by atoms with E-state index in [1.165, 1.54) is 86.7 Å². The van der Waals surface area contributed by atoms with E-state index in [0.29, 0.717) is 11.8 Å². The van der Waals surface area contributed by atoms with Gasteiger partial charge in [0.25, 0.3) is 0 Å². The predicted molar refractivity (Wildman–Crippen MR) is 112 cm³/mol. The Hall–Kier alpha value is -1.70. The van der Waals surface area contributed by atoms with Crippen molar-refractivity contribution in [2.24, 2.45) is 11.8 Å². The van der Waals surface area contributed by atoms with Crippen LogP contribution in [0.1, 0.15) is 75.3 Å². The molecule has 0 amide bonds. The minimum Gasteiger partial charge on any atom is -0.385 e. The lowest BCUT2D eigenvalue weighted by atomic mass is 9.87. The van der Waals surface area contributed by atoms with Crippen molar-refractivity contribution in [1.82, 2.24) is 10.6 Å². The molecule has 2 nitrogen and oxygen atoms in total. The molecule has 2 N–H and O–H groups in total. The topological polar surface area (TPSA) is 24.1 Å². The highest BCUT2D eigenvalue weighted by Crippen LogP contribution is 2.28. The zero-order valence-corrected chi connectivity index (χ0v) is 16.4. The first kappa shape index (κ1) is 19.1. The molecule has 2 aliphatic carbocycles. The third-order valence-corrected chi connectivity index (χ3v) is 6.26. The molecule has 142 valence electrons. The van der Waals surface area contributed by atoms with E-state index in [1.54, 1.807) is 0 Å². The summed E-state index contributed by atoms with van der Waals surface area (Å²) < 4.78 is 0. The first-order valence-electron chi connectivity index (χ1n) is 10.7. The van der Waals surface area contributed by atoms with Crippen LogP contribution in [0, 0.1) is 11.8 Å². The number of allylic oxidation sites excluding steroid dienone is 2. The highest BCUT2D eigenvalue weighted by atomic mass is 14.9. The average Bonchev–Trinajstić information content (AvgIpc) is 2.72. The molecule has 0 saturated heterocycles. The smallest absolute Gasteiger partial charge is 0.0397 e. The monoisotopic (exact) mass is 352 g/mol. The van der Waals surface area contributed by atoms with E-state index >= 15 is 0 Å². The fourth-order valence-electron chi connectivity index (χ4n) is 4.40. The van der Waals surface area contributed by atoms with Gasteiger partial charge in [-0.25, -0.2) is 0 Å². The Morgan fingerprint density at radius 1 is 0.654 bits per heavy atom. The molecule has 0 spiro atoms. The minimum atomic E-state index is 0.679. The van der Waals surface area contributed by atoms with Crippen molar-refractivity contribution in [2.45, 2.75) is 77.3 Å². The molecule has 2 saturated carbocycles. The lowest BCUT2D eigenvalue weighted by Gasteiger charge is -2.25. The van der Waals surface area contributed by atoms with E-state index in [1.807, 2.05) is 0 Å². The predicted octanol–water partition coefficient (Wildman–Crippen LogP) is 6.05. The average molecular weight is 353 g/mol. The molecule has 1 aromatic carbocycles. The first-order valence-corrected chi connectivity index (χ1v) is 10.7. The highest BCUT2D eigenvalue weighted by molar-refractivity contribution is 5.23. The van der Waals surface area contributed by atoms with Gasteiger partial charge in [-0.15, -0.1) is 0 Å². The van der Waals surface area contributed by atoms with Gasteiger partial charge in [0, 0.05) is 24.5 Å². The molecule has 0 heterocycles. The number of benzene rings is 1. The molecule has 0 aromatic heterocycles. The molecular weight excluding hydrogens is 316 g/mol. The van der Waals surface area contributed by atoms with E-state index in [-0.39, 0.29) is 0 Å². The second-order valence-electron chi connectivity index (χ2n) is 8.24. The van der Waals surface area contributed by atoms with Gasteiger partial charge >= 0.3 is 0 Å². The summed E-state index contributed by atoms with van der Waals surface area (Å²) in [5.74, 6) is 1.36. The molecule has 0 aliphatic heterocycles. The van der Waals surface area contributed by atoms with Crippen molar-refractivity contribution in [3.05, 3.63) is 59.9 Å². The van der Waals surface area contributed by atoms with Gasteiger partial charge in [-0.1, -0.05) is 75.9 Å². The highest BCUT2D eigenvalue weighted by Gasteiger charge is 2.17. The van der Waals surface area contributed by atoms with Crippen molar-refractivity contribution in [3.8, 4) is 0 Å². The van der Waals surface area contributed by atoms with Gasteiger partial charge in [0.15, 0.2) is 0 Å². The van der Waals surface area contributed by atoms with Crippen LogP contribution in [0.4, 0.5) is 0 Å². The molecule has 0 unspecified atom stereocenters. The Morgan fingerprint density at radius 2 is 1.00 bits per heavy atom. The Bertz CT molecular complexity index is 522. The molecular formula is C24H36N2. The fraction of sp³-hybridized carbons (Fsp3) is 0.583. The van der Waals surface area contributed by atoms with Gasteiger partial charge in [-0.3, -0.25) is 0 Å². The van der Waals surface area contributed by atoms with E-state index in [0.717, 1.165) is 13.1 Å². The van der Waals surface area contributed by atoms with Crippen LogP contribution in [-0.4, -0.2) is 0 Å². The molecule has 1 aromatic rings. The van der Waals surface area contributed by atoms with Gasteiger partial charge in [0.2, 0.25) is 0 Å². The van der Waals surface area contributed by atoms with Crippen LogP contribution in [0.2, 0.25) is 0 Å². The molecule has 0 bridgehead atoms. The van der Waals surface area contributed by atoms with Crippen LogP contribution in [0.3, 0.4) is 0 Å². The molecule has 26 heavy (non-hydrogen) atoms. The van der Waals surface area contributed by atoms with Crippen molar-refractivity contribution in [2.75, 3.05) is 0 Å². The van der Waals surface area contributed by atoms with Crippen LogP contribution in [0.5, 0.6) is 0 Å². The maximum Gasteiger partial charge on any atom is 0.0397 e. The molecule has 2 aliphatic rings. The summed E-state index contributed by atoms with van der Waals surface area (Å²) in [4.78, 5) is 0. The van der Waals surface area contributed by atoms with E-state index in [2.05, 4.69) is 48.1 Å². The van der Waals surface area contributed by atoms with Crippen molar-refractivity contribution < 1.29 is 0 Å². The lowest BCUT2D eigenvalue weighted by molar-refractivity contribution is 0.386. The summed E-state index contributed by atoms with van der Waals surface area (Å²) >= 11 is 0. The van der Waals surface area contributed by atoms with Crippen LogP contribution < -0.4 is 10.6 Å². The van der Waals surface area contributed by atoms with Crippen molar-refractivity contribution in [1.29, 1.82) is 0 Å².